The Bertz CT molecular complexity index is 176. The first-order chi connectivity index (χ1) is 5.55. The second-order valence-electron chi connectivity index (χ2n) is 3.27. The minimum atomic E-state index is -2.03. The van der Waals surface area contributed by atoms with Crippen LogP contribution in [-0.4, -0.2) is 28.3 Å². The van der Waals surface area contributed by atoms with Crippen molar-refractivity contribution < 1.29 is 14.3 Å². The number of thioether (sulfide) groups is 1. The maximum Gasteiger partial charge on any atom is 0.341 e. The highest BCUT2D eigenvalue weighted by atomic mass is 32.2. The molecule has 1 unspecified atom stereocenters. The average Bonchev–Trinajstić information content (AvgIpc) is 2.06. The summed E-state index contributed by atoms with van der Waals surface area (Å²) in [5.41, 5.74) is -2.03. The van der Waals surface area contributed by atoms with Crippen LogP contribution in [0.1, 0.15) is 19.8 Å². The number of aliphatic carboxylic acids is 1. The maximum atomic E-state index is 13.5. The topological polar surface area (TPSA) is 37.3 Å². The van der Waals surface area contributed by atoms with E-state index in [0.717, 1.165) is 11.5 Å². The predicted molar refractivity (Wildman–Crippen MR) is 47.2 cm³/mol. The Morgan fingerprint density at radius 2 is 2.08 bits per heavy atom. The summed E-state index contributed by atoms with van der Waals surface area (Å²) in [6.45, 7) is 1.18. The molecule has 1 atom stereocenters. The van der Waals surface area contributed by atoms with Gasteiger partial charge in [-0.05, 0) is 31.3 Å². The van der Waals surface area contributed by atoms with E-state index in [9.17, 15) is 9.18 Å². The summed E-state index contributed by atoms with van der Waals surface area (Å²) in [6.07, 6.45) is 1.37. The molecule has 12 heavy (non-hydrogen) atoms. The molecule has 70 valence electrons. The third-order valence-electron chi connectivity index (χ3n) is 2.41. The summed E-state index contributed by atoms with van der Waals surface area (Å²) in [6, 6.07) is 0. The number of carbonyl (C=O) groups is 1. The van der Waals surface area contributed by atoms with Crippen LogP contribution in [0.3, 0.4) is 0 Å². The molecular formula is C8H13FO2S. The SMILES string of the molecule is CC(F)(C(=O)O)C1CCSCC1. The van der Waals surface area contributed by atoms with Gasteiger partial charge in [-0.2, -0.15) is 11.8 Å². The quantitative estimate of drug-likeness (QED) is 0.726. The van der Waals surface area contributed by atoms with Crippen LogP contribution in [0.5, 0.6) is 0 Å². The van der Waals surface area contributed by atoms with Gasteiger partial charge in [0.1, 0.15) is 0 Å². The van der Waals surface area contributed by atoms with Gasteiger partial charge in [0.15, 0.2) is 0 Å². The Morgan fingerprint density at radius 1 is 1.58 bits per heavy atom. The number of carboxylic acids is 1. The summed E-state index contributed by atoms with van der Waals surface area (Å²) >= 11 is 1.77. The van der Waals surface area contributed by atoms with Crippen molar-refractivity contribution >= 4 is 17.7 Å². The van der Waals surface area contributed by atoms with Crippen molar-refractivity contribution in [2.75, 3.05) is 11.5 Å². The van der Waals surface area contributed by atoms with E-state index < -0.39 is 11.6 Å². The Labute approximate surface area is 75.5 Å². The van der Waals surface area contributed by atoms with Crippen molar-refractivity contribution in [3.05, 3.63) is 0 Å². The number of rotatable bonds is 2. The number of hydrogen-bond acceptors (Lipinski definition) is 2. The number of halogens is 1. The molecule has 0 aromatic rings. The lowest BCUT2D eigenvalue weighted by atomic mass is 9.86. The van der Waals surface area contributed by atoms with Gasteiger partial charge in [-0.15, -0.1) is 0 Å². The molecule has 0 aromatic carbocycles. The molecule has 0 saturated carbocycles. The fraction of sp³-hybridized carbons (Fsp3) is 0.875. The highest BCUT2D eigenvalue weighted by Crippen LogP contribution is 2.34. The fourth-order valence-corrected chi connectivity index (χ4v) is 2.52. The first-order valence-corrected chi connectivity index (χ1v) is 5.20. The molecule has 1 saturated heterocycles. The lowest BCUT2D eigenvalue weighted by Gasteiger charge is -2.29. The van der Waals surface area contributed by atoms with Crippen molar-refractivity contribution in [2.24, 2.45) is 5.92 Å². The van der Waals surface area contributed by atoms with E-state index in [4.69, 9.17) is 5.11 Å². The lowest BCUT2D eigenvalue weighted by molar-refractivity contribution is -0.153. The van der Waals surface area contributed by atoms with E-state index in [2.05, 4.69) is 0 Å². The molecule has 1 rings (SSSR count). The second kappa shape index (κ2) is 3.64. The van der Waals surface area contributed by atoms with Crippen molar-refractivity contribution in [2.45, 2.75) is 25.4 Å². The smallest absolute Gasteiger partial charge is 0.341 e. The van der Waals surface area contributed by atoms with Gasteiger partial charge in [0.2, 0.25) is 5.67 Å². The molecule has 1 aliphatic heterocycles. The largest absolute Gasteiger partial charge is 0.479 e. The zero-order valence-electron chi connectivity index (χ0n) is 7.05. The molecule has 0 aliphatic carbocycles. The Kier molecular flexibility index (Phi) is 2.99. The van der Waals surface area contributed by atoms with Gasteiger partial charge in [-0.25, -0.2) is 9.18 Å². The van der Waals surface area contributed by atoms with Crippen LogP contribution in [0.15, 0.2) is 0 Å². The molecular weight excluding hydrogens is 179 g/mol. The summed E-state index contributed by atoms with van der Waals surface area (Å²) in [5.74, 6) is 0.158. The van der Waals surface area contributed by atoms with Crippen LogP contribution in [0, 0.1) is 5.92 Å². The van der Waals surface area contributed by atoms with Crippen LogP contribution in [0.4, 0.5) is 4.39 Å². The fourth-order valence-electron chi connectivity index (χ4n) is 1.41. The number of carboxylic acid groups (broad SMARTS) is 1. The summed E-state index contributed by atoms with van der Waals surface area (Å²) in [7, 11) is 0. The van der Waals surface area contributed by atoms with E-state index in [0.29, 0.717) is 12.8 Å². The van der Waals surface area contributed by atoms with Crippen molar-refractivity contribution in [3.8, 4) is 0 Å². The zero-order chi connectivity index (χ0) is 9.19. The van der Waals surface area contributed by atoms with Crippen molar-refractivity contribution in [1.82, 2.24) is 0 Å². The minimum absolute atomic E-state index is 0.295. The van der Waals surface area contributed by atoms with E-state index in [-0.39, 0.29) is 5.92 Å². The molecule has 0 radical (unpaired) electrons. The van der Waals surface area contributed by atoms with Crippen LogP contribution < -0.4 is 0 Å². The highest BCUT2D eigenvalue weighted by molar-refractivity contribution is 7.99. The first-order valence-electron chi connectivity index (χ1n) is 4.05. The van der Waals surface area contributed by atoms with Crippen LogP contribution in [-0.2, 0) is 4.79 Å². The van der Waals surface area contributed by atoms with Crippen LogP contribution >= 0.6 is 11.8 Å². The van der Waals surface area contributed by atoms with E-state index >= 15 is 0 Å². The van der Waals surface area contributed by atoms with Gasteiger partial charge in [-0.1, -0.05) is 0 Å². The number of alkyl halides is 1. The van der Waals surface area contributed by atoms with Crippen molar-refractivity contribution in [1.29, 1.82) is 0 Å². The third-order valence-corrected chi connectivity index (χ3v) is 3.45. The molecule has 1 heterocycles. The monoisotopic (exact) mass is 192 g/mol. The van der Waals surface area contributed by atoms with Crippen LogP contribution in [0.2, 0.25) is 0 Å². The third kappa shape index (κ3) is 1.91. The molecule has 0 spiro atoms. The zero-order valence-corrected chi connectivity index (χ0v) is 7.86. The first kappa shape index (κ1) is 9.84. The molecule has 1 N–H and O–H groups in total. The van der Waals surface area contributed by atoms with Gasteiger partial charge in [0.25, 0.3) is 0 Å². The molecule has 0 aromatic heterocycles. The molecule has 0 amide bonds. The second-order valence-corrected chi connectivity index (χ2v) is 4.49. The molecule has 2 nitrogen and oxygen atoms in total. The minimum Gasteiger partial charge on any atom is -0.479 e. The Morgan fingerprint density at radius 3 is 2.50 bits per heavy atom. The van der Waals surface area contributed by atoms with E-state index in [1.165, 1.54) is 6.92 Å². The van der Waals surface area contributed by atoms with Gasteiger partial charge >= 0.3 is 5.97 Å². The highest BCUT2D eigenvalue weighted by Gasteiger charge is 2.42. The molecule has 1 aliphatic rings. The predicted octanol–water partition coefficient (Wildman–Crippen LogP) is 1.94. The van der Waals surface area contributed by atoms with Crippen LogP contribution in [0.25, 0.3) is 0 Å². The Hall–Kier alpha value is -0.250. The van der Waals surface area contributed by atoms with E-state index in [1.807, 2.05) is 0 Å². The normalized spacial score (nSPS) is 24.8. The summed E-state index contributed by atoms with van der Waals surface area (Å²) < 4.78 is 13.5. The average molecular weight is 192 g/mol. The van der Waals surface area contributed by atoms with Crippen molar-refractivity contribution in [3.63, 3.8) is 0 Å². The Balaban J connectivity index is 2.59. The molecule has 4 heteroatoms. The summed E-state index contributed by atoms with van der Waals surface area (Å²) in [4.78, 5) is 10.5. The summed E-state index contributed by atoms with van der Waals surface area (Å²) in [5, 5.41) is 8.61. The molecule has 0 bridgehead atoms. The van der Waals surface area contributed by atoms with E-state index in [1.54, 1.807) is 11.8 Å². The van der Waals surface area contributed by atoms with Gasteiger partial charge in [0.05, 0.1) is 0 Å². The van der Waals surface area contributed by atoms with Gasteiger partial charge in [-0.3, -0.25) is 0 Å². The molecule has 1 fully saturated rings. The van der Waals surface area contributed by atoms with Gasteiger partial charge in [0, 0.05) is 5.92 Å². The maximum absolute atomic E-state index is 13.5. The standard InChI is InChI=1S/C8H13FO2S/c1-8(9,7(10)11)6-2-4-12-5-3-6/h6H,2-5H2,1H3,(H,10,11). The number of hydrogen-bond donors (Lipinski definition) is 1. The van der Waals surface area contributed by atoms with Gasteiger partial charge < -0.3 is 5.11 Å². The lowest BCUT2D eigenvalue weighted by Crippen LogP contribution is -2.40.